The van der Waals surface area contributed by atoms with Crippen molar-refractivity contribution >= 4 is 17.7 Å². The van der Waals surface area contributed by atoms with Crippen molar-refractivity contribution in [3.8, 4) is 0 Å². The maximum absolute atomic E-state index is 12.3. The second kappa shape index (κ2) is 7.25. The van der Waals surface area contributed by atoms with E-state index in [9.17, 15) is 4.79 Å². The van der Waals surface area contributed by atoms with Crippen LogP contribution in [0.15, 0.2) is 36.8 Å². The van der Waals surface area contributed by atoms with Gasteiger partial charge in [0.05, 0.1) is 5.56 Å². The number of nitrogens with zero attached hydrogens (tertiary/aromatic N) is 5. The van der Waals surface area contributed by atoms with Crippen LogP contribution in [0.1, 0.15) is 23.2 Å². The minimum Gasteiger partial charge on any atom is -0.363 e. The predicted molar refractivity (Wildman–Crippen MR) is 93.3 cm³/mol. The predicted octanol–water partition coefficient (Wildman–Crippen LogP) is 1.34. The van der Waals surface area contributed by atoms with Crippen molar-refractivity contribution < 1.29 is 4.79 Å². The Morgan fingerprint density at radius 2 is 2.21 bits per heavy atom. The number of rotatable bonds is 4. The summed E-state index contributed by atoms with van der Waals surface area (Å²) in [6, 6.07) is 5.50. The Morgan fingerprint density at radius 1 is 1.33 bits per heavy atom. The number of piperidine rings is 1. The van der Waals surface area contributed by atoms with Crippen LogP contribution in [0.3, 0.4) is 0 Å². The van der Waals surface area contributed by atoms with Gasteiger partial charge < -0.3 is 15.1 Å². The Morgan fingerprint density at radius 3 is 2.96 bits per heavy atom. The van der Waals surface area contributed by atoms with E-state index in [1.54, 1.807) is 30.7 Å². The Bertz CT molecular complexity index is 690. The van der Waals surface area contributed by atoms with Crippen molar-refractivity contribution in [2.24, 2.45) is 0 Å². The molecule has 2 aromatic rings. The van der Waals surface area contributed by atoms with Crippen LogP contribution >= 0.6 is 0 Å². The van der Waals surface area contributed by atoms with Crippen LogP contribution in [-0.4, -0.2) is 54.1 Å². The summed E-state index contributed by atoms with van der Waals surface area (Å²) < 4.78 is 0. The van der Waals surface area contributed by atoms with Gasteiger partial charge in [-0.2, -0.15) is 4.98 Å². The van der Waals surface area contributed by atoms with Crippen LogP contribution < -0.4 is 15.1 Å². The van der Waals surface area contributed by atoms with Crippen molar-refractivity contribution in [1.29, 1.82) is 0 Å². The van der Waals surface area contributed by atoms with Gasteiger partial charge >= 0.3 is 0 Å². The first kappa shape index (κ1) is 16.2. The molecule has 0 bridgehead atoms. The summed E-state index contributed by atoms with van der Waals surface area (Å²) in [5.74, 6) is 1.50. The highest BCUT2D eigenvalue weighted by Crippen LogP contribution is 2.18. The van der Waals surface area contributed by atoms with Gasteiger partial charge in [-0.15, -0.1) is 0 Å². The van der Waals surface area contributed by atoms with Crippen LogP contribution in [0.5, 0.6) is 0 Å². The summed E-state index contributed by atoms with van der Waals surface area (Å²) in [7, 11) is 3.92. The number of nitrogens with one attached hydrogen (secondary N) is 1. The molecule has 126 valence electrons. The lowest BCUT2D eigenvalue weighted by atomic mass is 10.1. The molecule has 0 aromatic carbocycles. The van der Waals surface area contributed by atoms with E-state index in [0.717, 1.165) is 25.2 Å². The molecular formula is C17H22N6O. The Labute approximate surface area is 141 Å². The third kappa shape index (κ3) is 3.79. The monoisotopic (exact) mass is 326 g/mol. The highest BCUT2D eigenvalue weighted by Gasteiger charge is 2.23. The molecule has 1 saturated heterocycles. The average Bonchev–Trinajstić information content (AvgIpc) is 2.63. The zero-order valence-corrected chi connectivity index (χ0v) is 14.0. The molecule has 1 unspecified atom stereocenters. The molecule has 1 fully saturated rings. The SMILES string of the molecule is CN(C)c1ccnc(N2CCCC(NC(=O)c3cccnc3)C2)n1. The number of pyridine rings is 1. The van der Waals surface area contributed by atoms with Gasteiger partial charge in [-0.05, 0) is 31.0 Å². The number of anilines is 2. The maximum atomic E-state index is 12.3. The quantitative estimate of drug-likeness (QED) is 0.914. The van der Waals surface area contributed by atoms with Crippen LogP contribution in [0.4, 0.5) is 11.8 Å². The van der Waals surface area contributed by atoms with E-state index in [1.807, 2.05) is 25.1 Å². The molecule has 7 heteroatoms. The first-order chi connectivity index (χ1) is 11.6. The van der Waals surface area contributed by atoms with E-state index in [0.29, 0.717) is 18.1 Å². The minimum absolute atomic E-state index is 0.0815. The molecule has 7 nitrogen and oxygen atoms in total. The standard InChI is InChI=1S/C17H22N6O/c1-22(2)15-7-9-19-17(21-15)23-10-4-6-14(12-23)20-16(24)13-5-3-8-18-11-13/h3,5,7-9,11,14H,4,6,10,12H2,1-2H3,(H,20,24). The Kier molecular flexibility index (Phi) is 4.88. The van der Waals surface area contributed by atoms with Gasteiger partial charge in [-0.3, -0.25) is 9.78 Å². The number of hydrogen-bond donors (Lipinski definition) is 1. The Hall–Kier alpha value is -2.70. The van der Waals surface area contributed by atoms with Gasteiger partial charge in [0.2, 0.25) is 5.95 Å². The van der Waals surface area contributed by atoms with Gasteiger partial charge in [-0.25, -0.2) is 4.98 Å². The zero-order valence-electron chi connectivity index (χ0n) is 14.0. The van der Waals surface area contributed by atoms with E-state index in [2.05, 4.69) is 25.2 Å². The lowest BCUT2D eigenvalue weighted by Crippen LogP contribution is -2.48. The van der Waals surface area contributed by atoms with Gasteiger partial charge in [0.25, 0.3) is 5.91 Å². The van der Waals surface area contributed by atoms with E-state index >= 15 is 0 Å². The van der Waals surface area contributed by atoms with Crippen LogP contribution in [-0.2, 0) is 0 Å². The molecule has 24 heavy (non-hydrogen) atoms. The molecule has 1 N–H and O–H groups in total. The smallest absolute Gasteiger partial charge is 0.253 e. The summed E-state index contributed by atoms with van der Waals surface area (Å²) in [6.45, 7) is 1.61. The third-order valence-corrected chi connectivity index (χ3v) is 4.05. The summed E-state index contributed by atoms with van der Waals surface area (Å²) in [6.07, 6.45) is 6.96. The molecule has 1 amide bonds. The summed E-state index contributed by atoms with van der Waals surface area (Å²) in [4.78, 5) is 29.3. The van der Waals surface area contributed by atoms with Gasteiger partial charge in [-0.1, -0.05) is 0 Å². The Balaban J connectivity index is 1.66. The van der Waals surface area contributed by atoms with Crippen molar-refractivity contribution in [3.05, 3.63) is 42.4 Å². The molecule has 2 aromatic heterocycles. The number of amides is 1. The number of aromatic nitrogens is 3. The van der Waals surface area contributed by atoms with Crippen molar-refractivity contribution in [3.63, 3.8) is 0 Å². The number of hydrogen-bond acceptors (Lipinski definition) is 6. The lowest BCUT2D eigenvalue weighted by molar-refractivity contribution is 0.0932. The second-order valence-electron chi connectivity index (χ2n) is 6.11. The van der Waals surface area contributed by atoms with Crippen LogP contribution in [0.2, 0.25) is 0 Å². The second-order valence-corrected chi connectivity index (χ2v) is 6.11. The lowest BCUT2D eigenvalue weighted by Gasteiger charge is -2.33. The van der Waals surface area contributed by atoms with Crippen molar-refractivity contribution in [2.45, 2.75) is 18.9 Å². The van der Waals surface area contributed by atoms with Crippen LogP contribution in [0.25, 0.3) is 0 Å². The fourth-order valence-corrected chi connectivity index (χ4v) is 2.78. The summed E-state index contributed by atoms with van der Waals surface area (Å²) >= 11 is 0. The van der Waals surface area contributed by atoms with Gasteiger partial charge in [0.15, 0.2) is 0 Å². The first-order valence-corrected chi connectivity index (χ1v) is 8.09. The molecule has 1 aliphatic rings. The summed E-state index contributed by atoms with van der Waals surface area (Å²) in [5.41, 5.74) is 0.584. The van der Waals surface area contributed by atoms with Crippen molar-refractivity contribution in [1.82, 2.24) is 20.3 Å². The normalized spacial score (nSPS) is 17.4. The molecule has 0 saturated carbocycles. The van der Waals surface area contributed by atoms with Crippen molar-refractivity contribution in [2.75, 3.05) is 37.0 Å². The third-order valence-electron chi connectivity index (χ3n) is 4.05. The highest BCUT2D eigenvalue weighted by molar-refractivity contribution is 5.94. The largest absolute Gasteiger partial charge is 0.363 e. The molecule has 0 spiro atoms. The fraction of sp³-hybridized carbons (Fsp3) is 0.412. The van der Waals surface area contributed by atoms with E-state index in [-0.39, 0.29) is 11.9 Å². The molecule has 3 rings (SSSR count). The molecular weight excluding hydrogens is 304 g/mol. The fourth-order valence-electron chi connectivity index (χ4n) is 2.78. The van der Waals surface area contributed by atoms with E-state index < -0.39 is 0 Å². The molecule has 1 aliphatic heterocycles. The van der Waals surface area contributed by atoms with Gasteiger partial charge in [0, 0.05) is 51.8 Å². The topological polar surface area (TPSA) is 74.2 Å². The van der Waals surface area contributed by atoms with E-state index in [1.165, 1.54) is 0 Å². The van der Waals surface area contributed by atoms with Crippen LogP contribution in [0, 0.1) is 0 Å². The molecule has 3 heterocycles. The highest BCUT2D eigenvalue weighted by atomic mass is 16.1. The number of carbonyl (C=O) groups excluding carboxylic acids is 1. The minimum atomic E-state index is -0.0853. The summed E-state index contributed by atoms with van der Waals surface area (Å²) in [5, 5.41) is 3.09. The average molecular weight is 326 g/mol. The molecule has 1 atom stereocenters. The zero-order chi connectivity index (χ0) is 16.9. The van der Waals surface area contributed by atoms with Gasteiger partial charge in [0.1, 0.15) is 5.82 Å². The maximum Gasteiger partial charge on any atom is 0.253 e. The molecule has 0 radical (unpaired) electrons. The molecule has 0 aliphatic carbocycles. The first-order valence-electron chi connectivity index (χ1n) is 8.09. The van der Waals surface area contributed by atoms with E-state index in [4.69, 9.17) is 0 Å². The number of carbonyl (C=O) groups is 1.